The van der Waals surface area contributed by atoms with Gasteiger partial charge in [0.05, 0.1) is 28.5 Å². The largest absolute Gasteiger partial charge is 0.486 e. The maximum atomic E-state index is 12.7. The highest BCUT2D eigenvalue weighted by molar-refractivity contribution is 6.07. The molecule has 1 amide bonds. The maximum absolute atomic E-state index is 12.7. The number of H-pyrrole nitrogens is 2. The predicted molar refractivity (Wildman–Crippen MR) is 99.1 cm³/mol. The number of benzene rings is 2. The number of hydrogen-bond acceptors (Lipinski definition) is 5. The molecule has 1 aliphatic heterocycles. The summed E-state index contributed by atoms with van der Waals surface area (Å²) >= 11 is 0. The topological polar surface area (TPSA) is 105 Å². The highest BCUT2D eigenvalue weighted by Gasteiger charge is 2.19. The Morgan fingerprint density at radius 2 is 1.93 bits per heavy atom. The first-order chi connectivity index (χ1) is 13.3. The summed E-state index contributed by atoms with van der Waals surface area (Å²) in [5.74, 6) is 1.41. The number of anilines is 1. The fourth-order valence-corrected chi connectivity index (χ4v) is 3.06. The van der Waals surface area contributed by atoms with Crippen molar-refractivity contribution >= 4 is 22.9 Å². The quantitative estimate of drug-likeness (QED) is 0.520. The van der Waals surface area contributed by atoms with Gasteiger partial charge in [-0.3, -0.25) is 15.2 Å². The van der Waals surface area contributed by atoms with Crippen LogP contribution in [-0.4, -0.2) is 39.3 Å². The second kappa shape index (κ2) is 6.17. The number of aromatic amines is 2. The molecule has 0 spiro atoms. The van der Waals surface area contributed by atoms with E-state index in [9.17, 15) is 4.79 Å². The third kappa shape index (κ3) is 2.77. The van der Waals surface area contributed by atoms with Gasteiger partial charge in [0.25, 0.3) is 5.91 Å². The number of ether oxygens (including phenoxy) is 2. The molecule has 0 radical (unpaired) electrons. The van der Waals surface area contributed by atoms with Gasteiger partial charge in [0.2, 0.25) is 5.95 Å². The molecule has 2 aromatic carbocycles. The maximum Gasteiger partial charge on any atom is 0.261 e. The summed E-state index contributed by atoms with van der Waals surface area (Å²) in [6.45, 7) is 1.03. The van der Waals surface area contributed by atoms with Crippen LogP contribution in [0.4, 0.5) is 5.95 Å². The average molecular weight is 361 g/mol. The number of nitrogens with one attached hydrogen (secondary N) is 3. The normalized spacial score (nSPS) is 12.9. The summed E-state index contributed by atoms with van der Waals surface area (Å²) < 4.78 is 11.2. The molecule has 0 fully saturated rings. The van der Waals surface area contributed by atoms with Crippen molar-refractivity contribution in [2.75, 3.05) is 18.5 Å². The van der Waals surface area contributed by atoms with E-state index in [1.165, 1.54) is 6.20 Å². The molecule has 3 heterocycles. The van der Waals surface area contributed by atoms with E-state index in [2.05, 4.69) is 25.5 Å². The molecule has 3 N–H and O–H groups in total. The van der Waals surface area contributed by atoms with Crippen molar-refractivity contribution in [3.8, 4) is 22.8 Å². The Balaban J connectivity index is 1.44. The van der Waals surface area contributed by atoms with Gasteiger partial charge in [-0.05, 0) is 30.3 Å². The minimum Gasteiger partial charge on any atom is -0.486 e. The van der Waals surface area contributed by atoms with E-state index in [0.29, 0.717) is 41.9 Å². The summed E-state index contributed by atoms with van der Waals surface area (Å²) in [4.78, 5) is 20.2. The van der Waals surface area contributed by atoms with Gasteiger partial charge in [0.1, 0.15) is 13.2 Å². The summed E-state index contributed by atoms with van der Waals surface area (Å²) in [7, 11) is 0. The summed E-state index contributed by atoms with van der Waals surface area (Å²) in [5, 5.41) is 9.70. The Labute approximate surface area is 153 Å². The second-order valence-electron chi connectivity index (χ2n) is 6.07. The minimum absolute atomic E-state index is 0.312. The van der Waals surface area contributed by atoms with Crippen LogP contribution in [0.5, 0.6) is 11.5 Å². The molecule has 2 aromatic heterocycles. The number of rotatable bonds is 3. The number of para-hydroxylation sites is 2. The first kappa shape index (κ1) is 15.4. The molecule has 0 bridgehead atoms. The number of aromatic nitrogens is 4. The van der Waals surface area contributed by atoms with E-state index in [1.807, 2.05) is 42.5 Å². The zero-order valence-corrected chi connectivity index (χ0v) is 14.2. The highest BCUT2D eigenvalue weighted by atomic mass is 16.6. The van der Waals surface area contributed by atoms with E-state index in [1.54, 1.807) is 0 Å². The first-order valence-electron chi connectivity index (χ1n) is 8.47. The molecule has 0 saturated heterocycles. The fraction of sp³-hybridized carbons (Fsp3) is 0.105. The molecule has 0 aliphatic carbocycles. The molecule has 8 nitrogen and oxygen atoms in total. The van der Waals surface area contributed by atoms with Gasteiger partial charge in [0, 0.05) is 5.56 Å². The zero-order valence-electron chi connectivity index (χ0n) is 14.2. The Morgan fingerprint density at radius 3 is 2.81 bits per heavy atom. The number of nitrogens with zero attached hydrogens (tertiary/aromatic N) is 2. The van der Waals surface area contributed by atoms with Gasteiger partial charge in [-0.25, -0.2) is 4.98 Å². The van der Waals surface area contributed by atoms with Gasteiger partial charge < -0.3 is 14.5 Å². The van der Waals surface area contributed by atoms with E-state index in [0.717, 1.165) is 16.6 Å². The lowest BCUT2D eigenvalue weighted by atomic mass is 10.1. The van der Waals surface area contributed by atoms with Crippen LogP contribution in [-0.2, 0) is 0 Å². The lowest BCUT2D eigenvalue weighted by molar-refractivity contribution is 0.102. The molecular formula is C19H15N5O3. The molecule has 4 aromatic rings. The molecule has 0 unspecified atom stereocenters. The lowest BCUT2D eigenvalue weighted by Gasteiger charge is -2.18. The molecule has 0 saturated carbocycles. The molecular weight excluding hydrogens is 346 g/mol. The van der Waals surface area contributed by atoms with E-state index in [4.69, 9.17) is 9.47 Å². The molecule has 5 rings (SSSR count). The van der Waals surface area contributed by atoms with Crippen LogP contribution in [0.2, 0.25) is 0 Å². The molecule has 1 aliphatic rings. The highest BCUT2D eigenvalue weighted by Crippen LogP contribution is 2.35. The van der Waals surface area contributed by atoms with Gasteiger partial charge in [-0.15, -0.1) is 0 Å². The Bertz CT molecular complexity index is 1110. The van der Waals surface area contributed by atoms with E-state index < -0.39 is 0 Å². The number of hydrogen-bond donors (Lipinski definition) is 3. The second-order valence-corrected chi connectivity index (χ2v) is 6.07. The number of amides is 1. The minimum atomic E-state index is -0.312. The van der Waals surface area contributed by atoms with Gasteiger partial charge >= 0.3 is 0 Å². The molecule has 8 heteroatoms. The van der Waals surface area contributed by atoms with E-state index in [-0.39, 0.29) is 5.91 Å². The molecule has 0 atom stereocenters. The monoisotopic (exact) mass is 361 g/mol. The summed E-state index contributed by atoms with van der Waals surface area (Å²) in [6.07, 6.45) is 1.49. The molecule has 134 valence electrons. The number of imidazole rings is 1. The first-order valence-corrected chi connectivity index (χ1v) is 8.47. The van der Waals surface area contributed by atoms with Crippen LogP contribution in [0.25, 0.3) is 22.3 Å². The summed E-state index contributed by atoms with van der Waals surface area (Å²) in [6, 6.07) is 13.1. The Morgan fingerprint density at radius 1 is 1.07 bits per heavy atom. The van der Waals surface area contributed by atoms with Crippen molar-refractivity contribution in [3.05, 3.63) is 54.2 Å². The van der Waals surface area contributed by atoms with Crippen LogP contribution < -0.4 is 14.8 Å². The number of carbonyl (C=O) groups excluding carboxylic acids is 1. The Hall–Kier alpha value is -3.81. The van der Waals surface area contributed by atoms with Crippen LogP contribution in [0, 0.1) is 0 Å². The molecule has 27 heavy (non-hydrogen) atoms. The van der Waals surface area contributed by atoms with Gasteiger partial charge in [-0.2, -0.15) is 5.10 Å². The lowest BCUT2D eigenvalue weighted by Crippen LogP contribution is -2.15. The number of fused-ring (bicyclic) bond motifs is 2. The zero-order chi connectivity index (χ0) is 18.2. The smallest absolute Gasteiger partial charge is 0.261 e. The van der Waals surface area contributed by atoms with Crippen molar-refractivity contribution in [1.29, 1.82) is 0 Å². The third-order valence-corrected chi connectivity index (χ3v) is 4.34. The average Bonchev–Trinajstić information content (AvgIpc) is 3.34. The van der Waals surface area contributed by atoms with Crippen LogP contribution >= 0.6 is 0 Å². The van der Waals surface area contributed by atoms with Gasteiger partial charge in [-0.1, -0.05) is 12.1 Å². The van der Waals surface area contributed by atoms with Crippen molar-refractivity contribution in [2.45, 2.75) is 0 Å². The predicted octanol–water partition coefficient (Wildman–Crippen LogP) is 2.98. The standard InChI is InChI=1S/C19H15N5O3/c25-18(23-19-21-13-3-1-2-4-14(13)22-19)12-10-20-24-17(12)11-5-6-15-16(9-11)27-8-7-26-15/h1-6,9-10H,7-8H2,(H,20,24)(H2,21,22,23,25). The van der Waals surface area contributed by atoms with Crippen molar-refractivity contribution in [3.63, 3.8) is 0 Å². The third-order valence-electron chi connectivity index (χ3n) is 4.34. The van der Waals surface area contributed by atoms with Crippen molar-refractivity contribution in [1.82, 2.24) is 20.2 Å². The van der Waals surface area contributed by atoms with Gasteiger partial charge in [0.15, 0.2) is 11.5 Å². The Kier molecular flexibility index (Phi) is 3.53. The van der Waals surface area contributed by atoms with Crippen LogP contribution in [0.15, 0.2) is 48.7 Å². The van der Waals surface area contributed by atoms with Crippen LogP contribution in [0.3, 0.4) is 0 Å². The SMILES string of the molecule is O=C(Nc1nc2ccccc2[nH]1)c1cn[nH]c1-c1ccc2c(c1)OCCO2. The van der Waals surface area contributed by atoms with Crippen molar-refractivity contribution < 1.29 is 14.3 Å². The number of carbonyl (C=O) groups is 1. The van der Waals surface area contributed by atoms with E-state index >= 15 is 0 Å². The van der Waals surface area contributed by atoms with Crippen LogP contribution in [0.1, 0.15) is 10.4 Å². The fourth-order valence-electron chi connectivity index (χ4n) is 3.06. The summed E-state index contributed by atoms with van der Waals surface area (Å²) in [5.41, 5.74) is 3.43. The van der Waals surface area contributed by atoms with Crippen molar-refractivity contribution in [2.24, 2.45) is 0 Å².